The molecule has 3 aromatic heterocycles. The maximum atomic E-state index is 6.31. The molecule has 0 unspecified atom stereocenters. The van der Waals surface area contributed by atoms with Gasteiger partial charge in [-0.3, -0.25) is 9.67 Å². The van der Waals surface area contributed by atoms with Gasteiger partial charge in [-0.15, -0.1) is 0 Å². The Kier molecular flexibility index (Phi) is 4.85. The molecular formula is C21H18ClN5. The van der Waals surface area contributed by atoms with E-state index in [-0.39, 0.29) is 0 Å². The van der Waals surface area contributed by atoms with Gasteiger partial charge < -0.3 is 5.32 Å². The smallest absolute Gasteiger partial charge is 0.126 e. The molecule has 27 heavy (non-hydrogen) atoms. The van der Waals surface area contributed by atoms with Crippen molar-refractivity contribution in [3.63, 3.8) is 0 Å². The highest BCUT2D eigenvalue weighted by molar-refractivity contribution is 6.33. The quantitative estimate of drug-likeness (QED) is 0.544. The molecule has 4 rings (SSSR count). The Morgan fingerprint density at radius 2 is 1.89 bits per heavy atom. The molecule has 0 amide bonds. The predicted molar refractivity (Wildman–Crippen MR) is 108 cm³/mol. The molecular weight excluding hydrogens is 358 g/mol. The van der Waals surface area contributed by atoms with Gasteiger partial charge in [-0.05, 0) is 42.0 Å². The Balaban J connectivity index is 1.52. The van der Waals surface area contributed by atoms with Gasteiger partial charge in [0.05, 0.1) is 17.9 Å². The zero-order chi connectivity index (χ0) is 18.6. The van der Waals surface area contributed by atoms with Gasteiger partial charge >= 0.3 is 0 Å². The van der Waals surface area contributed by atoms with Gasteiger partial charge in [-0.1, -0.05) is 29.8 Å². The highest BCUT2D eigenvalue weighted by Crippen LogP contribution is 2.28. The molecule has 3 heterocycles. The monoisotopic (exact) mass is 375 g/mol. The lowest BCUT2D eigenvalue weighted by Gasteiger charge is -2.09. The van der Waals surface area contributed by atoms with Crippen LogP contribution >= 0.6 is 11.6 Å². The van der Waals surface area contributed by atoms with Gasteiger partial charge in [0.2, 0.25) is 0 Å². The lowest BCUT2D eigenvalue weighted by atomic mass is 10.1. The van der Waals surface area contributed by atoms with E-state index in [0.29, 0.717) is 6.54 Å². The average molecular weight is 376 g/mol. The number of pyridine rings is 2. The third-order valence-corrected chi connectivity index (χ3v) is 4.66. The van der Waals surface area contributed by atoms with Gasteiger partial charge in [0.15, 0.2) is 0 Å². The lowest BCUT2D eigenvalue weighted by molar-refractivity contribution is 0.722. The predicted octanol–water partition coefficient (Wildman–Crippen LogP) is 4.81. The van der Waals surface area contributed by atoms with Crippen molar-refractivity contribution < 1.29 is 0 Å². The number of hydrogen-bond donors (Lipinski definition) is 1. The fraction of sp³-hybridized carbons (Fsp3) is 0.0952. The number of nitrogens with zero attached hydrogens (tertiary/aromatic N) is 4. The minimum Gasteiger partial charge on any atom is -0.364 e. The Morgan fingerprint density at radius 3 is 2.70 bits per heavy atom. The molecule has 0 atom stereocenters. The maximum Gasteiger partial charge on any atom is 0.126 e. The fourth-order valence-corrected chi connectivity index (χ4v) is 3.14. The zero-order valence-electron chi connectivity index (χ0n) is 14.8. The second kappa shape index (κ2) is 7.60. The van der Waals surface area contributed by atoms with Crippen molar-refractivity contribution in [2.24, 2.45) is 7.05 Å². The largest absolute Gasteiger partial charge is 0.364 e. The fourth-order valence-electron chi connectivity index (χ4n) is 2.90. The van der Waals surface area contributed by atoms with E-state index in [9.17, 15) is 0 Å². The first-order valence-electron chi connectivity index (χ1n) is 8.59. The highest BCUT2D eigenvalue weighted by atomic mass is 35.5. The molecule has 134 valence electrons. The van der Waals surface area contributed by atoms with Gasteiger partial charge in [0.1, 0.15) is 5.82 Å². The summed E-state index contributed by atoms with van der Waals surface area (Å²) in [7, 11) is 1.93. The number of nitrogens with one attached hydrogen (secondary N) is 1. The number of aryl methyl sites for hydroxylation is 1. The summed E-state index contributed by atoms with van der Waals surface area (Å²) < 4.78 is 1.87. The molecule has 4 aromatic rings. The molecule has 0 aliphatic heterocycles. The molecule has 0 saturated heterocycles. The molecule has 0 spiro atoms. The van der Waals surface area contributed by atoms with E-state index in [4.69, 9.17) is 11.6 Å². The van der Waals surface area contributed by atoms with Crippen LogP contribution in [-0.2, 0) is 13.6 Å². The molecule has 5 nitrogen and oxygen atoms in total. The summed E-state index contributed by atoms with van der Waals surface area (Å²) in [5.41, 5.74) is 4.97. The number of halogens is 1. The van der Waals surface area contributed by atoms with Crippen LogP contribution in [0, 0.1) is 0 Å². The average Bonchev–Trinajstić information content (AvgIpc) is 3.08. The van der Waals surface area contributed by atoms with Crippen molar-refractivity contribution in [2.45, 2.75) is 6.54 Å². The van der Waals surface area contributed by atoms with Crippen LogP contribution in [0.4, 0.5) is 5.82 Å². The number of aromatic nitrogens is 4. The molecule has 6 heteroatoms. The minimum atomic E-state index is 0.614. The van der Waals surface area contributed by atoms with Crippen LogP contribution in [0.15, 0.2) is 73.2 Å². The molecule has 0 bridgehead atoms. The van der Waals surface area contributed by atoms with Crippen molar-refractivity contribution in [3.05, 3.63) is 83.9 Å². The lowest BCUT2D eigenvalue weighted by Crippen LogP contribution is -2.06. The molecule has 0 aliphatic rings. The number of rotatable bonds is 5. The summed E-state index contributed by atoms with van der Waals surface area (Å²) in [4.78, 5) is 8.56. The zero-order valence-corrected chi connectivity index (χ0v) is 15.6. The first kappa shape index (κ1) is 17.2. The SMILES string of the molecule is Cn1nc(-c2cccnc2)cc1CNc1cc(-c2ccccc2Cl)ccn1. The number of benzene rings is 1. The molecule has 1 N–H and O–H groups in total. The van der Waals surface area contributed by atoms with Crippen molar-refractivity contribution in [3.8, 4) is 22.4 Å². The van der Waals surface area contributed by atoms with E-state index in [2.05, 4.69) is 26.4 Å². The Morgan fingerprint density at radius 1 is 1.00 bits per heavy atom. The van der Waals surface area contributed by atoms with Gasteiger partial charge in [0, 0.05) is 41.8 Å². The van der Waals surface area contributed by atoms with Crippen LogP contribution in [0.25, 0.3) is 22.4 Å². The Labute approximate surface area is 162 Å². The molecule has 0 saturated carbocycles. The summed E-state index contributed by atoms with van der Waals surface area (Å²) in [5.74, 6) is 0.788. The van der Waals surface area contributed by atoms with E-state index < -0.39 is 0 Å². The Hall–Kier alpha value is -3.18. The van der Waals surface area contributed by atoms with E-state index in [1.54, 1.807) is 12.4 Å². The van der Waals surface area contributed by atoms with Crippen LogP contribution < -0.4 is 5.32 Å². The molecule has 1 aromatic carbocycles. The molecule has 0 aliphatic carbocycles. The summed E-state index contributed by atoms with van der Waals surface area (Å²) in [5, 5.41) is 8.66. The van der Waals surface area contributed by atoms with E-state index in [1.807, 2.05) is 66.5 Å². The number of anilines is 1. The van der Waals surface area contributed by atoms with Crippen molar-refractivity contribution in [1.29, 1.82) is 0 Å². The van der Waals surface area contributed by atoms with Crippen LogP contribution in [0.1, 0.15) is 5.69 Å². The summed E-state index contributed by atoms with van der Waals surface area (Å²) in [6.07, 6.45) is 5.35. The summed E-state index contributed by atoms with van der Waals surface area (Å²) in [6, 6.07) is 17.7. The normalized spacial score (nSPS) is 10.7. The highest BCUT2D eigenvalue weighted by Gasteiger charge is 2.08. The van der Waals surface area contributed by atoms with Gasteiger partial charge in [-0.25, -0.2) is 4.98 Å². The van der Waals surface area contributed by atoms with Gasteiger partial charge in [0.25, 0.3) is 0 Å². The van der Waals surface area contributed by atoms with Gasteiger partial charge in [-0.2, -0.15) is 5.10 Å². The minimum absolute atomic E-state index is 0.614. The second-order valence-corrected chi connectivity index (χ2v) is 6.56. The first-order chi connectivity index (χ1) is 13.2. The number of hydrogen-bond acceptors (Lipinski definition) is 4. The third-order valence-electron chi connectivity index (χ3n) is 4.33. The third kappa shape index (κ3) is 3.83. The van der Waals surface area contributed by atoms with E-state index >= 15 is 0 Å². The standard InChI is InChI=1S/C21H18ClN5/c1-27-17(12-20(26-27)16-5-4-9-23-13-16)14-25-21-11-15(8-10-24-21)18-6-2-3-7-19(18)22/h2-13H,14H2,1H3,(H,24,25). The Bertz CT molecular complexity index is 1060. The van der Waals surface area contributed by atoms with Crippen LogP contribution in [0.3, 0.4) is 0 Å². The summed E-state index contributed by atoms with van der Waals surface area (Å²) >= 11 is 6.31. The molecule has 0 radical (unpaired) electrons. The van der Waals surface area contributed by atoms with E-state index in [1.165, 1.54) is 0 Å². The second-order valence-electron chi connectivity index (χ2n) is 6.15. The topological polar surface area (TPSA) is 55.6 Å². The van der Waals surface area contributed by atoms with Crippen molar-refractivity contribution in [2.75, 3.05) is 5.32 Å². The first-order valence-corrected chi connectivity index (χ1v) is 8.96. The van der Waals surface area contributed by atoms with Crippen molar-refractivity contribution >= 4 is 17.4 Å². The summed E-state index contributed by atoms with van der Waals surface area (Å²) in [6.45, 7) is 0.614. The van der Waals surface area contributed by atoms with Crippen LogP contribution in [0.2, 0.25) is 5.02 Å². The maximum absolute atomic E-state index is 6.31. The van der Waals surface area contributed by atoms with E-state index in [0.717, 1.165) is 38.9 Å². The van der Waals surface area contributed by atoms with Crippen LogP contribution in [-0.4, -0.2) is 19.7 Å². The van der Waals surface area contributed by atoms with Crippen molar-refractivity contribution in [1.82, 2.24) is 19.7 Å². The van der Waals surface area contributed by atoms with Crippen LogP contribution in [0.5, 0.6) is 0 Å². The molecule has 0 fully saturated rings.